The van der Waals surface area contributed by atoms with Crippen LogP contribution in [0.5, 0.6) is 0 Å². The largest absolute Gasteiger partial charge is 0.461 e. The van der Waals surface area contributed by atoms with Crippen molar-refractivity contribution < 1.29 is 9.21 Å². The molecule has 0 spiro atoms. The predicted molar refractivity (Wildman–Crippen MR) is 116 cm³/mol. The summed E-state index contributed by atoms with van der Waals surface area (Å²) in [5, 5.41) is 3.57. The third-order valence-electron chi connectivity index (χ3n) is 5.45. The molecule has 1 fully saturated rings. The molecule has 3 aromatic heterocycles. The van der Waals surface area contributed by atoms with E-state index in [1.54, 1.807) is 18.5 Å². The molecule has 1 atom stereocenters. The van der Waals surface area contributed by atoms with Crippen LogP contribution >= 0.6 is 11.6 Å². The molecule has 1 saturated heterocycles. The highest BCUT2D eigenvalue weighted by Gasteiger charge is 2.31. The number of nitrogens with zero attached hydrogens (tertiary/aromatic N) is 4. The van der Waals surface area contributed by atoms with Gasteiger partial charge in [-0.05, 0) is 55.3 Å². The van der Waals surface area contributed by atoms with Crippen LogP contribution in [0.2, 0.25) is 5.02 Å². The molecule has 0 unspecified atom stereocenters. The number of carbonyl (C=O) groups is 1. The van der Waals surface area contributed by atoms with Crippen LogP contribution < -0.4 is 5.32 Å². The number of amides is 2. The van der Waals surface area contributed by atoms with Gasteiger partial charge in [-0.1, -0.05) is 17.7 Å². The molecular formula is C22H20ClN5O2. The Morgan fingerprint density at radius 3 is 3.00 bits per heavy atom. The number of pyridine rings is 1. The van der Waals surface area contributed by atoms with Crippen molar-refractivity contribution in [2.45, 2.75) is 19.4 Å². The number of benzene rings is 1. The number of anilines is 1. The van der Waals surface area contributed by atoms with Gasteiger partial charge in [-0.15, -0.1) is 0 Å². The van der Waals surface area contributed by atoms with E-state index in [1.165, 1.54) is 0 Å². The number of hydrogen-bond donors (Lipinski definition) is 1. The second kappa shape index (κ2) is 7.50. The summed E-state index contributed by atoms with van der Waals surface area (Å²) in [6, 6.07) is 12.9. The maximum Gasteiger partial charge on any atom is 0.321 e. The van der Waals surface area contributed by atoms with Crippen LogP contribution in [0.1, 0.15) is 18.0 Å². The normalized spacial score (nSPS) is 16.3. The quantitative estimate of drug-likeness (QED) is 0.497. The molecule has 1 aliphatic rings. The van der Waals surface area contributed by atoms with Crippen molar-refractivity contribution in [3.05, 3.63) is 65.5 Å². The lowest BCUT2D eigenvalue weighted by atomic mass is 10.2. The number of aromatic nitrogens is 3. The lowest BCUT2D eigenvalue weighted by molar-refractivity contribution is 0.221. The summed E-state index contributed by atoms with van der Waals surface area (Å²) < 4.78 is 7.70. The highest BCUT2D eigenvalue weighted by molar-refractivity contribution is 6.31. The van der Waals surface area contributed by atoms with E-state index in [1.807, 2.05) is 48.2 Å². The van der Waals surface area contributed by atoms with Crippen molar-refractivity contribution in [1.29, 1.82) is 0 Å². The number of fused-ring (bicyclic) bond motifs is 1. The Morgan fingerprint density at radius 2 is 2.17 bits per heavy atom. The number of aryl methyl sites for hydroxylation is 1. The van der Waals surface area contributed by atoms with Crippen molar-refractivity contribution in [3.63, 3.8) is 0 Å². The SMILES string of the molecule is Cc1ccc(Cl)cc1NC(=O)N1CC[C@H](n2c(-c3ccco3)nc3cccnc32)C1. The predicted octanol–water partition coefficient (Wildman–Crippen LogP) is 5.13. The molecular weight excluding hydrogens is 402 g/mol. The van der Waals surface area contributed by atoms with Crippen molar-refractivity contribution in [2.24, 2.45) is 0 Å². The molecule has 1 N–H and O–H groups in total. The number of nitrogens with one attached hydrogen (secondary N) is 1. The van der Waals surface area contributed by atoms with Gasteiger partial charge in [0.15, 0.2) is 17.2 Å². The van der Waals surface area contributed by atoms with Gasteiger partial charge in [0.1, 0.15) is 5.52 Å². The van der Waals surface area contributed by atoms with Crippen LogP contribution in [-0.2, 0) is 0 Å². The number of imidazole rings is 1. The highest BCUT2D eigenvalue weighted by Crippen LogP contribution is 2.32. The molecule has 0 aliphatic carbocycles. The van der Waals surface area contributed by atoms with E-state index in [-0.39, 0.29) is 12.1 Å². The van der Waals surface area contributed by atoms with E-state index in [4.69, 9.17) is 21.0 Å². The van der Waals surface area contributed by atoms with Crippen molar-refractivity contribution in [3.8, 4) is 11.6 Å². The number of hydrogen-bond acceptors (Lipinski definition) is 4. The van der Waals surface area contributed by atoms with Crippen molar-refractivity contribution in [1.82, 2.24) is 19.4 Å². The molecule has 7 nitrogen and oxygen atoms in total. The van der Waals surface area contributed by atoms with Gasteiger partial charge in [0.05, 0.1) is 12.3 Å². The molecule has 0 bridgehead atoms. The molecule has 1 aliphatic heterocycles. The summed E-state index contributed by atoms with van der Waals surface area (Å²) in [7, 11) is 0. The van der Waals surface area contributed by atoms with Gasteiger partial charge in [-0.2, -0.15) is 0 Å². The van der Waals surface area contributed by atoms with Crippen LogP contribution in [0.4, 0.5) is 10.5 Å². The average Bonchev–Trinajstić information content (AvgIpc) is 3.49. The third-order valence-corrected chi connectivity index (χ3v) is 5.68. The molecule has 152 valence electrons. The molecule has 5 rings (SSSR count). The van der Waals surface area contributed by atoms with Gasteiger partial charge in [0, 0.05) is 30.0 Å². The Morgan fingerprint density at radius 1 is 1.27 bits per heavy atom. The lowest BCUT2D eigenvalue weighted by Gasteiger charge is -2.19. The van der Waals surface area contributed by atoms with Crippen molar-refractivity contribution >= 4 is 34.5 Å². The number of urea groups is 1. The number of likely N-dealkylation sites (tertiary alicyclic amines) is 1. The number of rotatable bonds is 3. The first-order valence-corrected chi connectivity index (χ1v) is 10.2. The Hall–Kier alpha value is -3.32. The third kappa shape index (κ3) is 3.31. The summed E-state index contributed by atoms with van der Waals surface area (Å²) in [5.74, 6) is 1.41. The fourth-order valence-corrected chi connectivity index (χ4v) is 4.09. The van der Waals surface area contributed by atoms with Crippen LogP contribution in [0.3, 0.4) is 0 Å². The minimum atomic E-state index is -0.139. The fourth-order valence-electron chi connectivity index (χ4n) is 3.92. The fraction of sp³-hybridized carbons (Fsp3) is 0.227. The van der Waals surface area contributed by atoms with E-state index in [2.05, 4.69) is 14.9 Å². The molecule has 1 aromatic carbocycles. The number of halogens is 1. The van der Waals surface area contributed by atoms with E-state index < -0.39 is 0 Å². The minimum absolute atomic E-state index is 0.0520. The second-order valence-corrected chi connectivity index (χ2v) is 7.84. The van der Waals surface area contributed by atoms with Crippen molar-refractivity contribution in [2.75, 3.05) is 18.4 Å². The average molecular weight is 422 g/mol. The standard InChI is InChI=1S/C22H20ClN5O2/c1-14-6-7-15(23)12-18(14)26-22(29)27-10-8-16(13-27)28-20-17(4-2-9-24-20)25-21(28)19-5-3-11-30-19/h2-7,9,11-12,16H,8,10,13H2,1H3,(H,26,29)/t16-/m0/s1. The Balaban J connectivity index is 1.42. The van der Waals surface area contributed by atoms with Gasteiger partial charge in [0.25, 0.3) is 0 Å². The molecule has 4 heterocycles. The Bertz CT molecular complexity index is 1220. The number of furan rings is 1. The first kappa shape index (κ1) is 18.7. The minimum Gasteiger partial charge on any atom is -0.461 e. The topological polar surface area (TPSA) is 76.2 Å². The van der Waals surface area contributed by atoms with E-state index >= 15 is 0 Å². The molecule has 4 aromatic rings. The Kier molecular flexibility index (Phi) is 4.67. The van der Waals surface area contributed by atoms with E-state index in [9.17, 15) is 4.79 Å². The van der Waals surface area contributed by atoms with Gasteiger partial charge >= 0.3 is 6.03 Å². The zero-order valence-electron chi connectivity index (χ0n) is 16.4. The van der Waals surface area contributed by atoms with E-state index in [0.717, 1.165) is 34.7 Å². The van der Waals surface area contributed by atoms with Crippen LogP contribution in [0.15, 0.2) is 59.3 Å². The Labute approximate surface area is 178 Å². The molecule has 30 heavy (non-hydrogen) atoms. The van der Waals surface area contributed by atoms with Crippen LogP contribution in [0, 0.1) is 6.92 Å². The second-order valence-electron chi connectivity index (χ2n) is 7.41. The highest BCUT2D eigenvalue weighted by atomic mass is 35.5. The van der Waals surface area contributed by atoms with Gasteiger partial charge in [0.2, 0.25) is 0 Å². The summed E-state index contributed by atoms with van der Waals surface area (Å²) in [6.07, 6.45) is 4.19. The zero-order chi connectivity index (χ0) is 20.7. The summed E-state index contributed by atoms with van der Waals surface area (Å²) in [6.45, 7) is 3.14. The lowest BCUT2D eigenvalue weighted by Crippen LogP contribution is -2.33. The van der Waals surface area contributed by atoms with Crippen LogP contribution in [0.25, 0.3) is 22.7 Å². The zero-order valence-corrected chi connectivity index (χ0v) is 17.1. The molecule has 0 saturated carbocycles. The first-order chi connectivity index (χ1) is 14.6. The maximum absolute atomic E-state index is 12.9. The van der Waals surface area contributed by atoms with E-state index in [0.29, 0.717) is 23.9 Å². The first-order valence-electron chi connectivity index (χ1n) is 9.79. The molecule has 8 heteroatoms. The molecule has 2 amide bonds. The maximum atomic E-state index is 12.9. The number of carbonyl (C=O) groups excluding carboxylic acids is 1. The van der Waals surface area contributed by atoms with Gasteiger partial charge in [-0.3, -0.25) is 0 Å². The summed E-state index contributed by atoms with van der Waals surface area (Å²) >= 11 is 6.08. The van der Waals surface area contributed by atoms with Gasteiger partial charge < -0.3 is 19.2 Å². The smallest absolute Gasteiger partial charge is 0.321 e. The summed E-state index contributed by atoms with van der Waals surface area (Å²) in [4.78, 5) is 24.0. The van der Waals surface area contributed by atoms with Crippen LogP contribution in [-0.4, -0.2) is 38.6 Å². The molecule has 0 radical (unpaired) electrons. The van der Waals surface area contributed by atoms with Gasteiger partial charge in [-0.25, -0.2) is 14.8 Å². The monoisotopic (exact) mass is 421 g/mol. The summed E-state index contributed by atoms with van der Waals surface area (Å²) in [5.41, 5.74) is 3.29.